The van der Waals surface area contributed by atoms with Gasteiger partial charge in [0.1, 0.15) is 0 Å². The van der Waals surface area contributed by atoms with Gasteiger partial charge >= 0.3 is 0 Å². The Bertz CT molecular complexity index is 722. The lowest BCUT2D eigenvalue weighted by Crippen LogP contribution is -2.37. The molecule has 2 aromatic rings. The summed E-state index contributed by atoms with van der Waals surface area (Å²) in [6.07, 6.45) is 0. The summed E-state index contributed by atoms with van der Waals surface area (Å²) < 4.78 is 13.0. The van der Waals surface area contributed by atoms with Gasteiger partial charge in [-0.3, -0.25) is 9.00 Å². The highest BCUT2D eigenvalue weighted by Crippen LogP contribution is 2.46. The number of hydrogen-bond donors (Lipinski definition) is 1. The topological polar surface area (TPSA) is 60.2 Å². The van der Waals surface area contributed by atoms with Crippen molar-refractivity contribution in [1.29, 1.82) is 0 Å². The summed E-state index contributed by atoms with van der Waals surface area (Å²) in [6.45, 7) is 3.50. The fraction of sp³-hybridized carbons (Fsp3) is 0.278. The van der Waals surface area contributed by atoms with Gasteiger partial charge in [-0.25, -0.2) is 0 Å². The second-order valence-corrected chi connectivity index (χ2v) is 7.85. The van der Waals surface area contributed by atoms with Gasteiger partial charge < -0.3 is 5.73 Å². The van der Waals surface area contributed by atoms with Crippen LogP contribution in [0.4, 0.5) is 0 Å². The van der Waals surface area contributed by atoms with Crippen molar-refractivity contribution in [2.24, 2.45) is 11.1 Å². The Hall–Kier alpha value is -1.94. The molecule has 2 N–H and O–H groups in total. The molecule has 114 valence electrons. The van der Waals surface area contributed by atoms with E-state index in [1.54, 1.807) is 13.8 Å². The van der Waals surface area contributed by atoms with Gasteiger partial charge in [-0.05, 0) is 22.3 Å². The van der Waals surface area contributed by atoms with Crippen LogP contribution in [0.1, 0.15) is 30.2 Å². The third-order valence-electron chi connectivity index (χ3n) is 4.21. The Morgan fingerprint density at radius 3 is 1.95 bits per heavy atom. The van der Waals surface area contributed by atoms with Crippen LogP contribution < -0.4 is 5.73 Å². The normalized spacial score (nSPS) is 15.2. The third kappa shape index (κ3) is 2.37. The molecule has 2 aromatic carbocycles. The molecule has 4 heteroatoms. The zero-order chi connectivity index (χ0) is 15.9. The highest BCUT2D eigenvalue weighted by atomic mass is 32.2. The quantitative estimate of drug-likeness (QED) is 0.943. The van der Waals surface area contributed by atoms with Gasteiger partial charge in [-0.15, -0.1) is 0 Å². The molecule has 0 saturated heterocycles. The van der Waals surface area contributed by atoms with Crippen molar-refractivity contribution < 1.29 is 9.00 Å². The summed E-state index contributed by atoms with van der Waals surface area (Å²) in [5.74, 6) is -0.157. The molecule has 0 bridgehead atoms. The first-order valence-corrected chi connectivity index (χ1v) is 8.65. The Labute approximate surface area is 133 Å². The van der Waals surface area contributed by atoms with Gasteiger partial charge in [0.25, 0.3) is 0 Å². The van der Waals surface area contributed by atoms with E-state index in [-0.39, 0.29) is 11.0 Å². The molecule has 0 fully saturated rings. The first kappa shape index (κ1) is 15.0. The molecule has 0 radical (unpaired) electrons. The molecule has 1 aliphatic rings. The van der Waals surface area contributed by atoms with Gasteiger partial charge in [0.2, 0.25) is 5.91 Å². The largest absolute Gasteiger partial charge is 0.369 e. The van der Waals surface area contributed by atoms with E-state index in [4.69, 9.17) is 5.73 Å². The highest BCUT2D eigenvalue weighted by molar-refractivity contribution is 7.85. The maximum Gasteiger partial charge on any atom is 0.224 e. The number of rotatable bonds is 4. The van der Waals surface area contributed by atoms with E-state index in [2.05, 4.69) is 12.1 Å². The molecule has 1 unspecified atom stereocenters. The lowest BCUT2D eigenvalue weighted by molar-refractivity contribution is -0.124. The fourth-order valence-electron chi connectivity index (χ4n) is 2.90. The van der Waals surface area contributed by atoms with Crippen LogP contribution >= 0.6 is 0 Å². The van der Waals surface area contributed by atoms with Gasteiger partial charge in [-0.1, -0.05) is 62.4 Å². The number of benzene rings is 2. The lowest BCUT2D eigenvalue weighted by Gasteiger charge is -2.23. The average molecular weight is 313 g/mol. The van der Waals surface area contributed by atoms with Gasteiger partial charge in [0.05, 0.1) is 10.7 Å². The molecule has 0 aromatic heterocycles. The van der Waals surface area contributed by atoms with Gasteiger partial charge in [0, 0.05) is 16.6 Å². The monoisotopic (exact) mass is 313 g/mol. The standard InChI is InChI=1S/C18H19NO2S/c1-18(2,17(19)20)11-22(21)16-14-9-5-3-7-12(14)13-8-4-6-10-15(13)16/h3-10,16H,11H2,1-2H3,(H2,19,20). The fourth-order valence-corrected chi connectivity index (χ4v) is 4.90. The summed E-state index contributed by atoms with van der Waals surface area (Å²) in [7, 11) is -1.21. The van der Waals surface area contributed by atoms with Crippen molar-refractivity contribution in [2.45, 2.75) is 19.1 Å². The Morgan fingerprint density at radius 1 is 1.05 bits per heavy atom. The van der Waals surface area contributed by atoms with Crippen LogP contribution in [0.25, 0.3) is 11.1 Å². The maximum absolute atomic E-state index is 13.0. The Kier molecular flexibility index (Phi) is 3.65. The van der Waals surface area contributed by atoms with E-state index in [1.807, 2.05) is 36.4 Å². The third-order valence-corrected chi connectivity index (χ3v) is 6.25. The molecule has 1 aliphatic carbocycles. The van der Waals surface area contributed by atoms with Crippen LogP contribution in [-0.2, 0) is 15.6 Å². The zero-order valence-corrected chi connectivity index (χ0v) is 13.5. The number of primary amides is 1. The minimum atomic E-state index is -1.21. The molecule has 0 heterocycles. The van der Waals surface area contributed by atoms with E-state index >= 15 is 0 Å². The van der Waals surface area contributed by atoms with E-state index < -0.39 is 22.1 Å². The van der Waals surface area contributed by atoms with Crippen molar-refractivity contribution in [3.05, 3.63) is 59.7 Å². The highest BCUT2D eigenvalue weighted by Gasteiger charge is 2.36. The van der Waals surface area contributed by atoms with Crippen molar-refractivity contribution in [1.82, 2.24) is 0 Å². The number of amides is 1. The molecule has 22 heavy (non-hydrogen) atoms. The average Bonchev–Trinajstić information content (AvgIpc) is 2.81. The molecule has 3 nitrogen and oxygen atoms in total. The Balaban J connectivity index is 2.04. The minimum Gasteiger partial charge on any atom is -0.369 e. The Morgan fingerprint density at radius 2 is 1.50 bits per heavy atom. The van der Waals surface area contributed by atoms with Crippen LogP contribution in [0.2, 0.25) is 0 Å². The van der Waals surface area contributed by atoms with E-state index in [1.165, 1.54) is 0 Å². The molecule has 0 spiro atoms. The molecular weight excluding hydrogens is 294 g/mol. The molecule has 1 atom stereocenters. The molecular formula is C18H19NO2S. The lowest BCUT2D eigenvalue weighted by atomic mass is 9.96. The minimum absolute atomic E-state index is 0.189. The van der Waals surface area contributed by atoms with E-state index in [9.17, 15) is 9.00 Å². The zero-order valence-electron chi connectivity index (χ0n) is 12.7. The summed E-state index contributed by atoms with van der Waals surface area (Å²) in [5.41, 5.74) is 9.06. The predicted molar refractivity (Wildman–Crippen MR) is 89.7 cm³/mol. The SMILES string of the molecule is CC(C)(CS(=O)C1c2ccccc2-c2ccccc21)C(N)=O. The van der Waals surface area contributed by atoms with Crippen LogP contribution in [0.15, 0.2) is 48.5 Å². The van der Waals surface area contributed by atoms with Crippen molar-refractivity contribution >= 4 is 16.7 Å². The molecule has 3 rings (SSSR count). The van der Waals surface area contributed by atoms with Crippen LogP contribution in [-0.4, -0.2) is 15.9 Å². The van der Waals surface area contributed by atoms with Crippen molar-refractivity contribution in [3.8, 4) is 11.1 Å². The second kappa shape index (κ2) is 5.36. The molecule has 0 aliphatic heterocycles. The summed E-state index contributed by atoms with van der Waals surface area (Å²) in [5, 5.41) is -0.189. The van der Waals surface area contributed by atoms with Gasteiger partial charge in [-0.2, -0.15) is 0 Å². The number of nitrogens with two attached hydrogens (primary N) is 1. The summed E-state index contributed by atoms with van der Waals surface area (Å²) in [4.78, 5) is 11.6. The van der Waals surface area contributed by atoms with Crippen LogP contribution in [0, 0.1) is 5.41 Å². The number of carbonyl (C=O) groups excluding carboxylic acids is 1. The summed E-state index contributed by atoms with van der Waals surface area (Å²) >= 11 is 0. The van der Waals surface area contributed by atoms with E-state index in [0.29, 0.717) is 0 Å². The maximum atomic E-state index is 13.0. The summed E-state index contributed by atoms with van der Waals surface area (Å²) in [6, 6.07) is 16.1. The number of fused-ring (bicyclic) bond motifs is 3. The predicted octanol–water partition coefficient (Wildman–Crippen LogP) is 3.02. The smallest absolute Gasteiger partial charge is 0.224 e. The number of hydrogen-bond acceptors (Lipinski definition) is 2. The van der Waals surface area contributed by atoms with Crippen molar-refractivity contribution in [3.63, 3.8) is 0 Å². The van der Waals surface area contributed by atoms with Gasteiger partial charge in [0.15, 0.2) is 0 Å². The van der Waals surface area contributed by atoms with Crippen LogP contribution in [0.3, 0.4) is 0 Å². The van der Waals surface area contributed by atoms with Crippen molar-refractivity contribution in [2.75, 3.05) is 5.75 Å². The number of carbonyl (C=O) groups is 1. The molecule has 1 amide bonds. The van der Waals surface area contributed by atoms with Crippen LogP contribution in [0.5, 0.6) is 0 Å². The first-order valence-electron chi connectivity index (χ1n) is 7.27. The molecule has 0 saturated carbocycles. The first-order chi connectivity index (χ1) is 10.4. The second-order valence-electron chi connectivity index (χ2n) is 6.33. The van der Waals surface area contributed by atoms with E-state index in [0.717, 1.165) is 22.3 Å².